The summed E-state index contributed by atoms with van der Waals surface area (Å²) >= 11 is 0. The molecule has 1 aliphatic carbocycles. The number of nitrogens with two attached hydrogens (primary N) is 1. The van der Waals surface area contributed by atoms with E-state index >= 15 is 0 Å². The first-order valence-corrected chi connectivity index (χ1v) is 5.67. The molecule has 4 heteroatoms. The van der Waals surface area contributed by atoms with Gasteiger partial charge in [0.25, 0.3) is 0 Å². The fraction of sp³-hybridized carbons (Fsp3) is 0.909. The van der Waals surface area contributed by atoms with E-state index in [0.717, 1.165) is 12.8 Å². The van der Waals surface area contributed by atoms with Gasteiger partial charge in [-0.15, -0.1) is 0 Å². The smallest absolute Gasteiger partial charge is 0.237 e. The zero-order chi connectivity index (χ0) is 11.5. The van der Waals surface area contributed by atoms with E-state index in [9.17, 15) is 4.79 Å². The topological polar surface area (TPSA) is 64.3 Å². The molecule has 0 aromatic rings. The highest BCUT2D eigenvalue weighted by molar-refractivity contribution is 5.84. The predicted molar refractivity (Wildman–Crippen MR) is 59.5 cm³/mol. The molecule has 2 unspecified atom stereocenters. The minimum atomic E-state index is -0.629. The Kier molecular flexibility index (Phi) is 4.11. The lowest BCUT2D eigenvalue weighted by atomic mass is 9.93. The molecule has 4 nitrogen and oxygen atoms in total. The van der Waals surface area contributed by atoms with Gasteiger partial charge in [-0.25, -0.2) is 0 Å². The van der Waals surface area contributed by atoms with Gasteiger partial charge in [0, 0.05) is 19.1 Å². The van der Waals surface area contributed by atoms with Crippen molar-refractivity contribution in [3.05, 3.63) is 0 Å². The van der Waals surface area contributed by atoms with Crippen LogP contribution in [-0.2, 0) is 9.53 Å². The van der Waals surface area contributed by atoms with Crippen LogP contribution in [0.3, 0.4) is 0 Å². The van der Waals surface area contributed by atoms with Gasteiger partial charge >= 0.3 is 0 Å². The molecule has 3 N–H and O–H groups in total. The van der Waals surface area contributed by atoms with Gasteiger partial charge in [-0.2, -0.15) is 0 Å². The summed E-state index contributed by atoms with van der Waals surface area (Å²) in [5.41, 5.74) is 4.81. The molecule has 88 valence electrons. The molecule has 2 atom stereocenters. The Morgan fingerprint density at radius 3 is 2.67 bits per heavy atom. The second kappa shape index (κ2) is 4.94. The number of ether oxygens (including phenoxy) is 1. The minimum absolute atomic E-state index is 0.0544. The molecule has 1 fully saturated rings. The van der Waals surface area contributed by atoms with Crippen LogP contribution in [-0.4, -0.2) is 30.2 Å². The summed E-state index contributed by atoms with van der Waals surface area (Å²) in [6.07, 6.45) is 2.98. The Balaban J connectivity index is 2.50. The van der Waals surface area contributed by atoms with Gasteiger partial charge in [-0.05, 0) is 33.6 Å². The lowest BCUT2D eigenvalue weighted by Crippen LogP contribution is -2.55. The fourth-order valence-corrected chi connectivity index (χ4v) is 1.83. The standard InChI is InChI=1S/C11H22N2O2/c1-4-15-8(2)7-11(3,10(12)14)13-9-5-6-9/h8-9,13H,4-7H2,1-3H3,(H2,12,14). The molecule has 0 heterocycles. The number of nitrogens with one attached hydrogen (secondary N) is 1. The monoisotopic (exact) mass is 214 g/mol. The molecule has 1 saturated carbocycles. The van der Waals surface area contributed by atoms with Gasteiger partial charge in [0.1, 0.15) is 0 Å². The van der Waals surface area contributed by atoms with Crippen LogP contribution in [0.2, 0.25) is 0 Å². The first kappa shape index (κ1) is 12.5. The van der Waals surface area contributed by atoms with E-state index in [1.54, 1.807) is 0 Å². The summed E-state index contributed by atoms with van der Waals surface area (Å²) in [4.78, 5) is 11.4. The molecule has 0 bridgehead atoms. The SMILES string of the molecule is CCOC(C)CC(C)(NC1CC1)C(N)=O. The van der Waals surface area contributed by atoms with Crippen LogP contribution in [0.4, 0.5) is 0 Å². The van der Waals surface area contributed by atoms with E-state index in [1.165, 1.54) is 0 Å². The molecule has 1 aliphatic rings. The van der Waals surface area contributed by atoms with Crippen molar-refractivity contribution in [2.75, 3.05) is 6.61 Å². The van der Waals surface area contributed by atoms with E-state index < -0.39 is 5.54 Å². The summed E-state index contributed by atoms with van der Waals surface area (Å²) < 4.78 is 5.44. The number of hydrogen-bond donors (Lipinski definition) is 2. The van der Waals surface area contributed by atoms with Crippen molar-refractivity contribution in [3.63, 3.8) is 0 Å². The molecule has 15 heavy (non-hydrogen) atoms. The van der Waals surface area contributed by atoms with E-state index in [0.29, 0.717) is 19.1 Å². The van der Waals surface area contributed by atoms with Gasteiger partial charge in [-0.3, -0.25) is 4.79 Å². The van der Waals surface area contributed by atoms with Crippen molar-refractivity contribution < 1.29 is 9.53 Å². The van der Waals surface area contributed by atoms with Gasteiger partial charge in [0.2, 0.25) is 5.91 Å². The Labute approximate surface area is 91.5 Å². The van der Waals surface area contributed by atoms with Crippen molar-refractivity contribution in [2.24, 2.45) is 5.73 Å². The quantitative estimate of drug-likeness (QED) is 0.659. The Hall–Kier alpha value is -0.610. The third kappa shape index (κ3) is 3.80. The van der Waals surface area contributed by atoms with Crippen LogP contribution in [0.15, 0.2) is 0 Å². The lowest BCUT2D eigenvalue weighted by molar-refractivity contribution is -0.125. The van der Waals surface area contributed by atoms with Gasteiger partial charge in [0.05, 0.1) is 11.6 Å². The van der Waals surface area contributed by atoms with Crippen LogP contribution in [0.25, 0.3) is 0 Å². The highest BCUT2D eigenvalue weighted by atomic mass is 16.5. The number of carbonyl (C=O) groups is 1. The summed E-state index contributed by atoms with van der Waals surface area (Å²) in [6, 6.07) is 0.469. The van der Waals surface area contributed by atoms with Crippen LogP contribution < -0.4 is 11.1 Å². The normalized spacial score (nSPS) is 22.1. The average molecular weight is 214 g/mol. The van der Waals surface area contributed by atoms with E-state index in [1.807, 2.05) is 20.8 Å². The lowest BCUT2D eigenvalue weighted by Gasteiger charge is -2.30. The first-order valence-electron chi connectivity index (χ1n) is 5.67. The van der Waals surface area contributed by atoms with Crippen LogP contribution in [0.5, 0.6) is 0 Å². The second-order valence-electron chi connectivity index (χ2n) is 4.59. The molecule has 0 saturated heterocycles. The molecule has 0 aromatic carbocycles. The minimum Gasteiger partial charge on any atom is -0.379 e. The largest absolute Gasteiger partial charge is 0.379 e. The maximum absolute atomic E-state index is 11.4. The molecule has 0 radical (unpaired) electrons. The van der Waals surface area contributed by atoms with Crippen molar-refractivity contribution in [3.8, 4) is 0 Å². The zero-order valence-electron chi connectivity index (χ0n) is 9.88. The number of primary amides is 1. The summed E-state index contributed by atoms with van der Waals surface area (Å²) in [6.45, 7) is 6.45. The number of rotatable bonds is 7. The Morgan fingerprint density at radius 2 is 2.27 bits per heavy atom. The fourth-order valence-electron chi connectivity index (χ4n) is 1.83. The van der Waals surface area contributed by atoms with E-state index in [2.05, 4.69) is 5.32 Å². The highest BCUT2D eigenvalue weighted by Gasteiger charge is 2.38. The van der Waals surface area contributed by atoms with Crippen molar-refractivity contribution >= 4 is 5.91 Å². The average Bonchev–Trinajstić information content (AvgIpc) is 2.87. The molecular weight excluding hydrogens is 192 g/mol. The second-order valence-corrected chi connectivity index (χ2v) is 4.59. The molecule has 0 aliphatic heterocycles. The first-order chi connectivity index (χ1) is 6.98. The molecule has 1 amide bonds. The third-order valence-corrected chi connectivity index (χ3v) is 2.79. The number of carbonyl (C=O) groups excluding carboxylic acids is 1. The van der Waals surface area contributed by atoms with Crippen LogP contribution >= 0.6 is 0 Å². The summed E-state index contributed by atoms with van der Waals surface area (Å²) in [7, 11) is 0. The maximum Gasteiger partial charge on any atom is 0.237 e. The van der Waals surface area contributed by atoms with Gasteiger partial charge in [0.15, 0.2) is 0 Å². The molecular formula is C11H22N2O2. The van der Waals surface area contributed by atoms with Crippen LogP contribution in [0.1, 0.15) is 40.0 Å². The molecule has 0 spiro atoms. The van der Waals surface area contributed by atoms with Gasteiger partial charge < -0.3 is 15.8 Å². The number of hydrogen-bond acceptors (Lipinski definition) is 3. The highest BCUT2D eigenvalue weighted by Crippen LogP contribution is 2.25. The van der Waals surface area contributed by atoms with Crippen molar-refractivity contribution in [1.29, 1.82) is 0 Å². The van der Waals surface area contributed by atoms with Crippen molar-refractivity contribution in [1.82, 2.24) is 5.32 Å². The maximum atomic E-state index is 11.4. The summed E-state index contributed by atoms with van der Waals surface area (Å²) in [5.74, 6) is -0.291. The summed E-state index contributed by atoms with van der Waals surface area (Å²) in [5, 5.41) is 3.30. The van der Waals surface area contributed by atoms with Crippen LogP contribution in [0, 0.1) is 0 Å². The zero-order valence-corrected chi connectivity index (χ0v) is 9.88. The predicted octanol–water partition coefficient (Wildman–Crippen LogP) is 0.798. The molecule has 0 aromatic heterocycles. The van der Waals surface area contributed by atoms with Gasteiger partial charge in [-0.1, -0.05) is 0 Å². The number of amides is 1. The van der Waals surface area contributed by atoms with E-state index in [-0.39, 0.29) is 12.0 Å². The van der Waals surface area contributed by atoms with Crippen molar-refractivity contribution in [2.45, 2.75) is 57.7 Å². The Bertz CT molecular complexity index is 229. The third-order valence-electron chi connectivity index (χ3n) is 2.79. The van der Waals surface area contributed by atoms with E-state index in [4.69, 9.17) is 10.5 Å². The Morgan fingerprint density at radius 1 is 1.67 bits per heavy atom. The molecule has 1 rings (SSSR count).